The number of nitrogens with zero attached hydrogens (tertiary/aromatic N) is 2. The summed E-state index contributed by atoms with van der Waals surface area (Å²) in [4.78, 5) is 28.4. The van der Waals surface area contributed by atoms with E-state index in [1.54, 1.807) is 21.9 Å². The van der Waals surface area contributed by atoms with Crippen molar-refractivity contribution in [3.8, 4) is 0 Å². The second-order valence-electron chi connectivity index (χ2n) is 7.05. The fraction of sp³-hybridized carbons (Fsp3) is 0.333. The number of urea groups is 1. The van der Waals surface area contributed by atoms with Crippen LogP contribution in [0.3, 0.4) is 0 Å². The van der Waals surface area contributed by atoms with Gasteiger partial charge in [-0.05, 0) is 29.8 Å². The van der Waals surface area contributed by atoms with Crippen molar-refractivity contribution in [1.29, 1.82) is 0 Å². The van der Waals surface area contributed by atoms with E-state index in [1.807, 2.05) is 30.3 Å². The molecule has 28 heavy (non-hydrogen) atoms. The van der Waals surface area contributed by atoms with E-state index in [4.69, 9.17) is 4.74 Å². The number of rotatable bonds is 3. The number of carbonyl (C=O) groups excluding carboxylic acids is 2. The molecule has 7 heteroatoms. The van der Waals surface area contributed by atoms with Crippen molar-refractivity contribution in [1.82, 2.24) is 10.2 Å². The van der Waals surface area contributed by atoms with Crippen molar-refractivity contribution < 1.29 is 18.7 Å². The van der Waals surface area contributed by atoms with E-state index in [0.29, 0.717) is 26.2 Å². The van der Waals surface area contributed by atoms with Crippen molar-refractivity contribution in [3.63, 3.8) is 0 Å². The molecule has 2 aliphatic heterocycles. The fourth-order valence-electron chi connectivity index (χ4n) is 3.64. The fourth-order valence-corrected chi connectivity index (χ4v) is 3.64. The molecule has 0 aliphatic carbocycles. The van der Waals surface area contributed by atoms with Gasteiger partial charge in [-0.25, -0.2) is 9.18 Å². The molecule has 3 amide bonds. The summed E-state index contributed by atoms with van der Waals surface area (Å²) in [5.74, 6) is -0.300. The number of halogens is 1. The van der Waals surface area contributed by atoms with Crippen molar-refractivity contribution >= 4 is 17.6 Å². The van der Waals surface area contributed by atoms with E-state index in [2.05, 4.69) is 5.32 Å². The second kappa shape index (κ2) is 7.98. The highest BCUT2D eigenvalue weighted by atomic mass is 19.1. The highest BCUT2D eigenvalue weighted by Crippen LogP contribution is 2.24. The third-order valence-electron chi connectivity index (χ3n) is 5.12. The molecule has 1 N–H and O–H groups in total. The van der Waals surface area contributed by atoms with Crippen LogP contribution in [0.1, 0.15) is 18.1 Å². The molecule has 4 rings (SSSR count). The van der Waals surface area contributed by atoms with Gasteiger partial charge in [0.25, 0.3) is 0 Å². The average Bonchev–Trinajstić information content (AvgIpc) is 3.09. The van der Waals surface area contributed by atoms with Gasteiger partial charge in [-0.2, -0.15) is 0 Å². The van der Waals surface area contributed by atoms with Crippen LogP contribution in [0.15, 0.2) is 54.6 Å². The third-order valence-corrected chi connectivity index (χ3v) is 5.12. The molecule has 2 aromatic carbocycles. The van der Waals surface area contributed by atoms with Crippen molar-refractivity contribution in [2.75, 3.05) is 31.1 Å². The predicted molar refractivity (Wildman–Crippen MR) is 102 cm³/mol. The lowest BCUT2D eigenvalue weighted by Gasteiger charge is -2.33. The number of benzene rings is 2. The van der Waals surface area contributed by atoms with E-state index < -0.39 is 0 Å². The number of para-hydroxylation sites is 1. The lowest BCUT2D eigenvalue weighted by Crippen LogP contribution is -2.50. The first-order valence-electron chi connectivity index (χ1n) is 9.38. The Morgan fingerprint density at radius 3 is 2.57 bits per heavy atom. The Balaban J connectivity index is 1.36. The van der Waals surface area contributed by atoms with Crippen LogP contribution < -0.4 is 10.2 Å². The van der Waals surface area contributed by atoms with Crippen LogP contribution >= 0.6 is 0 Å². The summed E-state index contributed by atoms with van der Waals surface area (Å²) in [5, 5.41) is 2.97. The van der Waals surface area contributed by atoms with Crippen LogP contribution in [0.25, 0.3) is 0 Å². The number of hydrogen-bond donors (Lipinski definition) is 1. The molecule has 0 bridgehead atoms. The van der Waals surface area contributed by atoms with E-state index in [1.165, 1.54) is 12.1 Å². The van der Waals surface area contributed by atoms with Gasteiger partial charge in [0, 0.05) is 25.2 Å². The van der Waals surface area contributed by atoms with Crippen molar-refractivity contribution in [2.45, 2.75) is 18.6 Å². The molecule has 2 aromatic rings. The molecule has 6 nitrogen and oxygen atoms in total. The summed E-state index contributed by atoms with van der Waals surface area (Å²) in [7, 11) is 0. The second-order valence-corrected chi connectivity index (χ2v) is 7.05. The van der Waals surface area contributed by atoms with Crippen molar-refractivity contribution in [3.05, 3.63) is 66.0 Å². The SMILES string of the molecule is O=C(N[C@H]1CC(=O)N(c2ccccc2)C1)N1CCO[C@H](c2ccc(F)cc2)C1. The largest absolute Gasteiger partial charge is 0.370 e. The molecule has 2 fully saturated rings. The number of carbonyl (C=O) groups is 2. The molecule has 2 aliphatic rings. The van der Waals surface area contributed by atoms with Crippen LogP contribution in [-0.2, 0) is 9.53 Å². The lowest BCUT2D eigenvalue weighted by molar-refractivity contribution is -0.117. The van der Waals surface area contributed by atoms with Crippen molar-refractivity contribution in [2.24, 2.45) is 0 Å². The van der Waals surface area contributed by atoms with Crippen LogP contribution in [0, 0.1) is 5.82 Å². The zero-order chi connectivity index (χ0) is 19.5. The summed E-state index contributed by atoms with van der Waals surface area (Å²) in [6.07, 6.45) is -0.00190. The zero-order valence-corrected chi connectivity index (χ0v) is 15.4. The first-order chi connectivity index (χ1) is 13.6. The predicted octanol–water partition coefficient (Wildman–Crippen LogP) is 2.71. The molecule has 0 unspecified atom stereocenters. The Morgan fingerprint density at radius 2 is 1.82 bits per heavy atom. The molecular formula is C21H22FN3O3. The Labute approximate surface area is 162 Å². The summed E-state index contributed by atoms with van der Waals surface area (Å²) in [6.45, 7) is 1.74. The first-order valence-corrected chi connectivity index (χ1v) is 9.38. The number of anilines is 1. The van der Waals surface area contributed by atoms with Crippen LogP contribution in [0.4, 0.5) is 14.9 Å². The molecule has 0 radical (unpaired) electrons. The minimum Gasteiger partial charge on any atom is -0.370 e. The van der Waals surface area contributed by atoms with E-state index in [-0.39, 0.29) is 36.3 Å². The van der Waals surface area contributed by atoms with Gasteiger partial charge in [0.05, 0.1) is 19.2 Å². The minimum absolute atomic E-state index is 0.00247. The smallest absolute Gasteiger partial charge is 0.317 e. The quantitative estimate of drug-likeness (QED) is 0.887. The van der Waals surface area contributed by atoms with Gasteiger partial charge in [-0.3, -0.25) is 4.79 Å². The van der Waals surface area contributed by atoms with Gasteiger partial charge in [0.15, 0.2) is 0 Å². The van der Waals surface area contributed by atoms with Gasteiger partial charge >= 0.3 is 6.03 Å². The number of hydrogen-bond acceptors (Lipinski definition) is 3. The summed E-state index contributed by atoms with van der Waals surface area (Å²) in [5.41, 5.74) is 1.68. The number of morpholine rings is 1. The molecule has 2 atom stereocenters. The van der Waals surface area contributed by atoms with Crippen LogP contribution in [0.2, 0.25) is 0 Å². The maximum absolute atomic E-state index is 13.1. The Bertz CT molecular complexity index is 844. The standard InChI is InChI=1S/C21H22FN3O3/c22-16-8-6-15(7-9-16)19-14-24(10-11-28-19)21(27)23-17-12-20(26)25(13-17)18-4-2-1-3-5-18/h1-9,17,19H,10-14H2,(H,23,27)/t17-,19-/m0/s1. The zero-order valence-electron chi connectivity index (χ0n) is 15.4. The highest BCUT2D eigenvalue weighted by molar-refractivity contribution is 5.96. The first kappa shape index (κ1) is 18.4. The highest BCUT2D eigenvalue weighted by Gasteiger charge is 2.33. The third kappa shape index (κ3) is 3.99. The summed E-state index contributed by atoms with van der Waals surface area (Å²) >= 11 is 0. The van der Waals surface area contributed by atoms with Gasteiger partial charge in [0.1, 0.15) is 11.9 Å². The Hall–Kier alpha value is -2.93. The monoisotopic (exact) mass is 383 g/mol. The van der Waals surface area contributed by atoms with Crippen LogP contribution in [-0.4, -0.2) is 49.1 Å². The van der Waals surface area contributed by atoms with Gasteiger partial charge in [-0.15, -0.1) is 0 Å². The van der Waals surface area contributed by atoms with E-state index >= 15 is 0 Å². The van der Waals surface area contributed by atoms with Gasteiger partial charge in [-0.1, -0.05) is 30.3 Å². The number of amides is 3. The normalized spacial score (nSPS) is 22.4. The number of nitrogens with one attached hydrogen (secondary N) is 1. The van der Waals surface area contributed by atoms with Gasteiger partial charge < -0.3 is 19.9 Å². The molecule has 0 spiro atoms. The molecule has 2 saturated heterocycles. The molecule has 2 heterocycles. The van der Waals surface area contributed by atoms with Crippen LogP contribution in [0.5, 0.6) is 0 Å². The summed E-state index contributed by atoms with van der Waals surface area (Å²) < 4.78 is 18.9. The average molecular weight is 383 g/mol. The van der Waals surface area contributed by atoms with E-state index in [9.17, 15) is 14.0 Å². The molecule has 0 aromatic heterocycles. The Morgan fingerprint density at radius 1 is 1.07 bits per heavy atom. The Kier molecular flexibility index (Phi) is 5.25. The topological polar surface area (TPSA) is 61.9 Å². The molecule has 0 saturated carbocycles. The number of ether oxygens (including phenoxy) is 1. The van der Waals surface area contributed by atoms with E-state index in [0.717, 1.165) is 11.3 Å². The molecule has 146 valence electrons. The van der Waals surface area contributed by atoms with Gasteiger partial charge in [0.2, 0.25) is 5.91 Å². The maximum Gasteiger partial charge on any atom is 0.317 e. The summed E-state index contributed by atoms with van der Waals surface area (Å²) in [6, 6.07) is 15.1. The molecular weight excluding hydrogens is 361 g/mol. The minimum atomic E-state index is -0.303. The lowest BCUT2D eigenvalue weighted by atomic mass is 10.1. The maximum atomic E-state index is 13.1.